The van der Waals surface area contributed by atoms with Crippen LogP contribution in [0.25, 0.3) is 11.0 Å². The van der Waals surface area contributed by atoms with E-state index in [9.17, 15) is 4.79 Å². The Morgan fingerprint density at radius 1 is 1.26 bits per heavy atom. The SMILES string of the molecule is CC(=O)Cc1oc2ccccc2c1C#C[Si](C)(C)C. The Labute approximate surface area is 114 Å². The molecule has 98 valence electrons. The topological polar surface area (TPSA) is 30.2 Å². The van der Waals surface area contributed by atoms with Crippen molar-refractivity contribution in [3.63, 3.8) is 0 Å². The summed E-state index contributed by atoms with van der Waals surface area (Å²) in [4.78, 5) is 11.3. The molecule has 0 bridgehead atoms. The lowest BCUT2D eigenvalue weighted by atomic mass is 10.1. The number of Topliss-reactive ketones (excluding diaryl/α,β-unsaturated/α-hetero) is 1. The van der Waals surface area contributed by atoms with E-state index in [4.69, 9.17) is 4.42 Å². The van der Waals surface area contributed by atoms with Gasteiger partial charge in [0.1, 0.15) is 25.2 Å². The Morgan fingerprint density at radius 2 is 1.95 bits per heavy atom. The molecule has 0 amide bonds. The van der Waals surface area contributed by atoms with E-state index in [0.717, 1.165) is 16.5 Å². The molecular weight excluding hydrogens is 252 g/mol. The zero-order valence-corrected chi connectivity index (χ0v) is 12.8. The number of hydrogen-bond donors (Lipinski definition) is 0. The van der Waals surface area contributed by atoms with E-state index >= 15 is 0 Å². The van der Waals surface area contributed by atoms with Gasteiger partial charge in [0.25, 0.3) is 0 Å². The van der Waals surface area contributed by atoms with Crippen LogP contribution in [0.1, 0.15) is 18.2 Å². The van der Waals surface area contributed by atoms with Gasteiger partial charge in [-0.15, -0.1) is 5.54 Å². The van der Waals surface area contributed by atoms with Crippen LogP contribution in [0.3, 0.4) is 0 Å². The molecule has 2 nitrogen and oxygen atoms in total. The van der Waals surface area contributed by atoms with Crippen LogP contribution < -0.4 is 0 Å². The van der Waals surface area contributed by atoms with Crippen molar-refractivity contribution < 1.29 is 9.21 Å². The number of hydrogen-bond acceptors (Lipinski definition) is 2. The minimum atomic E-state index is -1.45. The Kier molecular flexibility index (Phi) is 3.63. The smallest absolute Gasteiger partial charge is 0.137 e. The van der Waals surface area contributed by atoms with E-state index in [1.54, 1.807) is 6.92 Å². The molecule has 0 saturated heterocycles. The first-order valence-electron chi connectivity index (χ1n) is 6.40. The summed E-state index contributed by atoms with van der Waals surface area (Å²) in [6.07, 6.45) is 0.310. The number of carbonyl (C=O) groups excluding carboxylic acids is 1. The Hall–Kier alpha value is -1.79. The molecule has 3 heteroatoms. The van der Waals surface area contributed by atoms with Gasteiger partial charge < -0.3 is 4.42 Å². The number of para-hydroxylation sites is 1. The molecule has 0 N–H and O–H groups in total. The molecule has 0 spiro atoms. The minimum Gasteiger partial charge on any atom is -0.459 e. The van der Waals surface area contributed by atoms with Crippen LogP contribution in [-0.4, -0.2) is 13.9 Å². The third kappa shape index (κ3) is 3.36. The van der Waals surface area contributed by atoms with Crippen LogP contribution in [0.15, 0.2) is 28.7 Å². The molecular formula is C16H18O2Si. The predicted molar refractivity (Wildman–Crippen MR) is 80.8 cm³/mol. The maximum absolute atomic E-state index is 11.3. The summed E-state index contributed by atoms with van der Waals surface area (Å²) in [6, 6.07) is 7.81. The normalized spacial score (nSPS) is 11.2. The lowest BCUT2D eigenvalue weighted by molar-refractivity contribution is -0.116. The fraction of sp³-hybridized carbons (Fsp3) is 0.312. The quantitative estimate of drug-likeness (QED) is 0.614. The number of benzene rings is 1. The second-order valence-electron chi connectivity index (χ2n) is 5.78. The van der Waals surface area contributed by atoms with E-state index < -0.39 is 8.07 Å². The second-order valence-corrected chi connectivity index (χ2v) is 10.5. The van der Waals surface area contributed by atoms with Gasteiger partial charge in [-0.25, -0.2) is 0 Å². The van der Waals surface area contributed by atoms with Crippen molar-refractivity contribution in [3.8, 4) is 11.5 Å². The van der Waals surface area contributed by atoms with Gasteiger partial charge in [0, 0.05) is 5.39 Å². The van der Waals surface area contributed by atoms with E-state index in [1.165, 1.54) is 0 Å². The molecule has 0 fully saturated rings. The van der Waals surface area contributed by atoms with E-state index in [0.29, 0.717) is 12.2 Å². The summed E-state index contributed by atoms with van der Waals surface area (Å²) in [7, 11) is -1.45. The number of furan rings is 1. The van der Waals surface area contributed by atoms with Gasteiger partial charge in [-0.3, -0.25) is 4.79 Å². The molecule has 2 aromatic rings. The molecule has 0 saturated carbocycles. The van der Waals surface area contributed by atoms with Crippen LogP contribution in [0, 0.1) is 11.5 Å². The van der Waals surface area contributed by atoms with Crippen LogP contribution in [0.2, 0.25) is 19.6 Å². The summed E-state index contributed by atoms with van der Waals surface area (Å²) >= 11 is 0. The van der Waals surface area contributed by atoms with Gasteiger partial charge in [0.15, 0.2) is 0 Å². The van der Waals surface area contributed by atoms with Crippen molar-refractivity contribution in [2.75, 3.05) is 0 Å². The van der Waals surface area contributed by atoms with Crippen molar-refractivity contribution in [1.82, 2.24) is 0 Å². The molecule has 2 rings (SSSR count). The Balaban J connectivity index is 2.60. The van der Waals surface area contributed by atoms with Crippen molar-refractivity contribution >= 4 is 24.8 Å². The summed E-state index contributed by atoms with van der Waals surface area (Å²) in [5.74, 6) is 4.03. The van der Waals surface area contributed by atoms with E-state index in [1.807, 2.05) is 24.3 Å². The molecule has 1 heterocycles. The molecule has 0 aliphatic heterocycles. The summed E-state index contributed by atoms with van der Waals surface area (Å²) in [5.41, 5.74) is 5.03. The van der Waals surface area contributed by atoms with Crippen LogP contribution >= 0.6 is 0 Å². The summed E-state index contributed by atoms with van der Waals surface area (Å²) < 4.78 is 5.77. The van der Waals surface area contributed by atoms with Gasteiger partial charge in [-0.2, -0.15) is 0 Å². The van der Waals surface area contributed by atoms with E-state index in [2.05, 4.69) is 31.1 Å². The highest BCUT2D eigenvalue weighted by Crippen LogP contribution is 2.25. The zero-order chi connectivity index (χ0) is 14.0. The number of carbonyl (C=O) groups is 1. The molecule has 0 atom stereocenters. The van der Waals surface area contributed by atoms with Crippen molar-refractivity contribution in [1.29, 1.82) is 0 Å². The van der Waals surface area contributed by atoms with Crippen LogP contribution in [-0.2, 0) is 11.2 Å². The average molecular weight is 270 g/mol. The van der Waals surface area contributed by atoms with Gasteiger partial charge >= 0.3 is 0 Å². The standard InChI is InChI=1S/C16H18O2Si/c1-12(17)11-16-14(9-10-19(2,3)4)13-7-5-6-8-15(13)18-16/h5-8H,11H2,1-4H3. The van der Waals surface area contributed by atoms with Crippen molar-refractivity contribution in [2.45, 2.75) is 33.0 Å². The van der Waals surface area contributed by atoms with Gasteiger partial charge in [0.05, 0.1) is 12.0 Å². The monoisotopic (exact) mass is 270 g/mol. The Morgan fingerprint density at radius 3 is 2.58 bits per heavy atom. The number of rotatable bonds is 2. The largest absolute Gasteiger partial charge is 0.459 e. The summed E-state index contributed by atoms with van der Waals surface area (Å²) in [5, 5.41) is 1.00. The maximum Gasteiger partial charge on any atom is 0.137 e. The first-order chi connectivity index (χ1) is 8.87. The number of fused-ring (bicyclic) bond motifs is 1. The van der Waals surface area contributed by atoms with Crippen molar-refractivity contribution in [2.24, 2.45) is 0 Å². The first-order valence-corrected chi connectivity index (χ1v) is 9.90. The number of ketones is 1. The summed E-state index contributed by atoms with van der Waals surface area (Å²) in [6.45, 7) is 8.18. The molecule has 1 aromatic heterocycles. The highest BCUT2D eigenvalue weighted by molar-refractivity contribution is 6.83. The first kappa shape index (κ1) is 13.6. The van der Waals surface area contributed by atoms with Gasteiger partial charge in [0.2, 0.25) is 0 Å². The third-order valence-electron chi connectivity index (χ3n) is 2.64. The average Bonchev–Trinajstić information content (AvgIpc) is 2.61. The molecule has 19 heavy (non-hydrogen) atoms. The molecule has 0 aliphatic carbocycles. The fourth-order valence-electron chi connectivity index (χ4n) is 1.83. The molecule has 0 unspecified atom stereocenters. The van der Waals surface area contributed by atoms with Crippen molar-refractivity contribution in [3.05, 3.63) is 35.6 Å². The van der Waals surface area contributed by atoms with E-state index in [-0.39, 0.29) is 5.78 Å². The fourth-order valence-corrected chi connectivity index (χ4v) is 2.33. The third-order valence-corrected chi connectivity index (χ3v) is 3.52. The lowest BCUT2D eigenvalue weighted by Crippen LogP contribution is -2.16. The maximum atomic E-state index is 11.3. The second kappa shape index (κ2) is 5.06. The van der Waals surface area contributed by atoms with Crippen LogP contribution in [0.5, 0.6) is 0 Å². The predicted octanol–water partition coefficient (Wildman–Crippen LogP) is 3.79. The molecule has 0 aliphatic rings. The highest BCUT2D eigenvalue weighted by atomic mass is 28.3. The minimum absolute atomic E-state index is 0.0927. The molecule has 1 aromatic carbocycles. The Bertz CT molecular complexity index is 678. The zero-order valence-electron chi connectivity index (χ0n) is 11.8. The van der Waals surface area contributed by atoms with Gasteiger partial charge in [-0.1, -0.05) is 37.7 Å². The highest BCUT2D eigenvalue weighted by Gasteiger charge is 2.15. The molecule has 0 radical (unpaired) electrons. The van der Waals surface area contributed by atoms with Gasteiger partial charge in [-0.05, 0) is 19.1 Å². The van der Waals surface area contributed by atoms with Crippen LogP contribution in [0.4, 0.5) is 0 Å². The lowest BCUT2D eigenvalue weighted by Gasteiger charge is -2.03.